The Balaban J connectivity index is 4.26. The summed E-state index contributed by atoms with van der Waals surface area (Å²) in [5.74, 6) is -0.984. The number of nitrogens with zero attached hydrogens (tertiary/aromatic N) is 1. The van der Waals surface area contributed by atoms with E-state index >= 15 is 0 Å². The zero-order valence-electron chi connectivity index (χ0n) is 11.3. The SMILES string of the molecule is COCC(O)CN(C)C(=O)NC(C)(C)CC(=O)O. The van der Waals surface area contributed by atoms with Gasteiger partial charge in [-0.25, -0.2) is 4.79 Å². The van der Waals surface area contributed by atoms with Gasteiger partial charge in [-0.3, -0.25) is 4.79 Å². The molecule has 0 radical (unpaired) electrons. The molecule has 0 heterocycles. The summed E-state index contributed by atoms with van der Waals surface area (Å²) in [6.45, 7) is 3.50. The van der Waals surface area contributed by atoms with Crippen molar-refractivity contribution in [1.29, 1.82) is 0 Å². The average Bonchev–Trinajstić information content (AvgIpc) is 2.14. The van der Waals surface area contributed by atoms with Crippen molar-refractivity contribution < 1.29 is 24.5 Å². The number of carbonyl (C=O) groups excluding carboxylic acids is 1. The minimum atomic E-state index is -0.984. The molecule has 7 nitrogen and oxygen atoms in total. The smallest absolute Gasteiger partial charge is 0.317 e. The van der Waals surface area contributed by atoms with Gasteiger partial charge in [0.25, 0.3) is 0 Å². The number of methoxy groups -OCH3 is 1. The van der Waals surface area contributed by atoms with Gasteiger partial charge in [0.1, 0.15) is 0 Å². The van der Waals surface area contributed by atoms with Crippen LogP contribution in [0.4, 0.5) is 4.79 Å². The van der Waals surface area contributed by atoms with E-state index in [9.17, 15) is 14.7 Å². The molecule has 0 aliphatic rings. The number of carboxylic acids is 1. The van der Waals surface area contributed by atoms with E-state index in [2.05, 4.69) is 5.32 Å². The minimum absolute atomic E-state index is 0.114. The van der Waals surface area contributed by atoms with Crippen LogP contribution in [0, 0.1) is 0 Å². The molecule has 0 aliphatic carbocycles. The molecule has 1 atom stereocenters. The highest BCUT2D eigenvalue weighted by Gasteiger charge is 2.25. The Morgan fingerprint density at radius 1 is 1.44 bits per heavy atom. The molecular weight excluding hydrogens is 240 g/mol. The molecule has 2 amide bonds. The molecular formula is C11H22N2O5. The normalized spacial score (nSPS) is 12.9. The maximum absolute atomic E-state index is 11.7. The van der Waals surface area contributed by atoms with E-state index in [0.29, 0.717) is 0 Å². The second-order valence-corrected chi connectivity index (χ2v) is 4.87. The zero-order chi connectivity index (χ0) is 14.3. The Kier molecular flexibility index (Phi) is 6.64. The number of urea groups is 1. The zero-order valence-corrected chi connectivity index (χ0v) is 11.3. The number of likely N-dealkylation sites (N-methyl/N-ethyl adjacent to an activating group) is 1. The van der Waals surface area contributed by atoms with Crippen molar-refractivity contribution >= 4 is 12.0 Å². The molecule has 0 saturated carbocycles. The van der Waals surface area contributed by atoms with Crippen LogP contribution in [-0.4, -0.2) is 66.1 Å². The number of ether oxygens (including phenoxy) is 1. The van der Waals surface area contributed by atoms with Crippen LogP contribution in [0.5, 0.6) is 0 Å². The fourth-order valence-corrected chi connectivity index (χ4v) is 1.45. The van der Waals surface area contributed by atoms with Crippen molar-refractivity contribution in [3.8, 4) is 0 Å². The van der Waals surface area contributed by atoms with Gasteiger partial charge in [0.05, 0.1) is 25.7 Å². The molecule has 1 unspecified atom stereocenters. The van der Waals surface area contributed by atoms with E-state index in [1.54, 1.807) is 13.8 Å². The van der Waals surface area contributed by atoms with E-state index in [4.69, 9.17) is 9.84 Å². The second-order valence-electron chi connectivity index (χ2n) is 4.87. The Morgan fingerprint density at radius 2 is 2.00 bits per heavy atom. The van der Waals surface area contributed by atoms with E-state index in [1.165, 1.54) is 19.1 Å². The van der Waals surface area contributed by atoms with Crippen LogP contribution < -0.4 is 5.32 Å². The number of aliphatic hydroxyl groups is 1. The predicted octanol–water partition coefficient (Wildman–Crippen LogP) is -0.112. The number of amides is 2. The molecule has 7 heteroatoms. The van der Waals surface area contributed by atoms with Crippen molar-refractivity contribution in [2.24, 2.45) is 0 Å². The number of carboxylic acid groups (broad SMARTS) is 1. The molecule has 0 rings (SSSR count). The summed E-state index contributed by atoms with van der Waals surface area (Å²) in [5.41, 5.74) is -0.844. The summed E-state index contributed by atoms with van der Waals surface area (Å²) in [6, 6.07) is -0.434. The van der Waals surface area contributed by atoms with Gasteiger partial charge in [-0.2, -0.15) is 0 Å². The topological polar surface area (TPSA) is 99.1 Å². The van der Waals surface area contributed by atoms with Crippen molar-refractivity contribution in [2.75, 3.05) is 27.3 Å². The fourth-order valence-electron chi connectivity index (χ4n) is 1.45. The molecule has 0 spiro atoms. The number of carbonyl (C=O) groups is 2. The maximum Gasteiger partial charge on any atom is 0.317 e. The summed E-state index contributed by atoms with van der Waals surface area (Å²) in [6.07, 6.45) is -0.943. The van der Waals surface area contributed by atoms with Crippen molar-refractivity contribution in [3.63, 3.8) is 0 Å². The highest BCUT2D eigenvalue weighted by molar-refractivity contribution is 5.76. The summed E-state index contributed by atoms with van der Waals surface area (Å²) in [5, 5.41) is 20.8. The second kappa shape index (κ2) is 7.17. The summed E-state index contributed by atoms with van der Waals surface area (Å²) >= 11 is 0. The number of aliphatic carboxylic acids is 1. The van der Waals surface area contributed by atoms with Gasteiger partial charge < -0.3 is 25.2 Å². The molecule has 106 valence electrons. The number of hydrogen-bond acceptors (Lipinski definition) is 4. The first-order valence-corrected chi connectivity index (χ1v) is 5.60. The molecule has 0 aliphatic heterocycles. The van der Waals surface area contributed by atoms with E-state index < -0.39 is 23.6 Å². The van der Waals surface area contributed by atoms with Gasteiger partial charge in [0.2, 0.25) is 0 Å². The van der Waals surface area contributed by atoms with Crippen molar-refractivity contribution in [3.05, 3.63) is 0 Å². The van der Waals surface area contributed by atoms with E-state index in [-0.39, 0.29) is 19.6 Å². The lowest BCUT2D eigenvalue weighted by Crippen LogP contribution is -2.51. The highest BCUT2D eigenvalue weighted by Crippen LogP contribution is 2.08. The van der Waals surface area contributed by atoms with E-state index in [0.717, 1.165) is 0 Å². The lowest BCUT2D eigenvalue weighted by atomic mass is 10.0. The van der Waals surface area contributed by atoms with Crippen LogP contribution in [0.1, 0.15) is 20.3 Å². The van der Waals surface area contributed by atoms with Gasteiger partial charge in [-0.15, -0.1) is 0 Å². The predicted molar refractivity (Wildman–Crippen MR) is 65.4 cm³/mol. The van der Waals surface area contributed by atoms with Crippen LogP contribution in [0.3, 0.4) is 0 Å². The Morgan fingerprint density at radius 3 is 2.44 bits per heavy atom. The Hall–Kier alpha value is -1.34. The van der Waals surface area contributed by atoms with Gasteiger partial charge >= 0.3 is 12.0 Å². The first kappa shape index (κ1) is 16.7. The number of rotatable bonds is 7. The molecule has 18 heavy (non-hydrogen) atoms. The van der Waals surface area contributed by atoms with Crippen LogP contribution in [0.25, 0.3) is 0 Å². The van der Waals surface area contributed by atoms with Crippen molar-refractivity contribution in [2.45, 2.75) is 31.9 Å². The summed E-state index contributed by atoms with van der Waals surface area (Å²) in [7, 11) is 2.98. The van der Waals surface area contributed by atoms with Gasteiger partial charge in [-0.05, 0) is 13.8 Å². The molecule has 0 aromatic rings. The minimum Gasteiger partial charge on any atom is -0.481 e. The first-order valence-electron chi connectivity index (χ1n) is 5.60. The Labute approximate surface area is 107 Å². The molecule has 3 N–H and O–H groups in total. The third kappa shape index (κ3) is 7.08. The van der Waals surface area contributed by atoms with E-state index in [1.807, 2.05) is 0 Å². The van der Waals surface area contributed by atoms with Gasteiger partial charge in [0.15, 0.2) is 0 Å². The first-order chi connectivity index (χ1) is 8.18. The monoisotopic (exact) mass is 262 g/mol. The molecule has 0 aromatic heterocycles. The third-order valence-electron chi connectivity index (χ3n) is 2.23. The van der Waals surface area contributed by atoms with Gasteiger partial charge in [0, 0.05) is 19.7 Å². The highest BCUT2D eigenvalue weighted by atomic mass is 16.5. The van der Waals surface area contributed by atoms with Crippen molar-refractivity contribution in [1.82, 2.24) is 10.2 Å². The summed E-state index contributed by atoms with van der Waals surface area (Å²) in [4.78, 5) is 23.6. The molecule has 0 aromatic carbocycles. The molecule has 0 bridgehead atoms. The largest absolute Gasteiger partial charge is 0.481 e. The van der Waals surface area contributed by atoms with Crippen LogP contribution in [0.2, 0.25) is 0 Å². The average molecular weight is 262 g/mol. The maximum atomic E-state index is 11.7. The standard InChI is InChI=1S/C11H22N2O5/c1-11(2,5-9(15)16)12-10(17)13(3)6-8(14)7-18-4/h8,14H,5-7H2,1-4H3,(H,12,17)(H,15,16). The van der Waals surface area contributed by atoms with Crippen LogP contribution in [-0.2, 0) is 9.53 Å². The molecule has 0 fully saturated rings. The van der Waals surface area contributed by atoms with Crippen LogP contribution >= 0.6 is 0 Å². The number of nitrogens with one attached hydrogen (secondary N) is 1. The third-order valence-corrected chi connectivity index (χ3v) is 2.23. The van der Waals surface area contributed by atoms with Crippen LogP contribution in [0.15, 0.2) is 0 Å². The fraction of sp³-hybridized carbons (Fsp3) is 0.818. The quantitative estimate of drug-likeness (QED) is 0.594. The lowest BCUT2D eigenvalue weighted by molar-refractivity contribution is -0.138. The van der Waals surface area contributed by atoms with Gasteiger partial charge in [-0.1, -0.05) is 0 Å². The Bertz CT molecular complexity index is 293. The number of aliphatic hydroxyl groups excluding tert-OH is 1. The number of hydrogen-bond donors (Lipinski definition) is 3. The lowest BCUT2D eigenvalue weighted by Gasteiger charge is -2.28. The molecule has 0 saturated heterocycles. The summed E-state index contributed by atoms with van der Waals surface area (Å²) < 4.78 is 4.75.